The third-order valence-corrected chi connectivity index (χ3v) is 6.29. The van der Waals surface area contributed by atoms with Gasteiger partial charge >= 0.3 is 0 Å². The first-order valence-electron chi connectivity index (χ1n) is 7.38. The fourth-order valence-electron chi connectivity index (χ4n) is 2.91. The Labute approximate surface area is 125 Å². The van der Waals surface area contributed by atoms with Crippen molar-refractivity contribution < 1.29 is 13.2 Å². The number of aromatic nitrogens is 1. The van der Waals surface area contributed by atoms with E-state index in [1.54, 1.807) is 16.6 Å². The van der Waals surface area contributed by atoms with E-state index < -0.39 is 15.6 Å². The molecule has 2 heterocycles. The van der Waals surface area contributed by atoms with Gasteiger partial charge in [-0.05, 0) is 32.8 Å². The van der Waals surface area contributed by atoms with Gasteiger partial charge in [0.25, 0.3) is 0 Å². The molecule has 2 N–H and O–H groups in total. The Bertz CT molecular complexity index is 632. The van der Waals surface area contributed by atoms with E-state index in [0.29, 0.717) is 37.2 Å². The van der Waals surface area contributed by atoms with E-state index in [9.17, 15) is 8.42 Å². The van der Waals surface area contributed by atoms with E-state index >= 15 is 0 Å². The molecule has 6 nitrogen and oxygen atoms in total. The molecule has 0 unspecified atom stereocenters. The Morgan fingerprint density at radius 1 is 1.43 bits per heavy atom. The molecule has 1 aromatic heterocycles. The molecule has 0 spiro atoms. The third-order valence-electron chi connectivity index (χ3n) is 4.21. The first-order valence-corrected chi connectivity index (χ1v) is 8.82. The Morgan fingerprint density at radius 3 is 2.71 bits per heavy atom. The van der Waals surface area contributed by atoms with Crippen LogP contribution in [-0.4, -0.2) is 42.6 Å². The summed E-state index contributed by atoms with van der Waals surface area (Å²) in [6.07, 6.45) is 3.95. The summed E-state index contributed by atoms with van der Waals surface area (Å²) in [5.74, 6) is 0. The molecule has 2 fully saturated rings. The van der Waals surface area contributed by atoms with Gasteiger partial charge in [0, 0.05) is 31.0 Å². The maximum Gasteiger partial charge on any atom is 0.245 e. The number of nitrogens with zero attached hydrogens (tertiary/aromatic N) is 2. The monoisotopic (exact) mass is 313 g/mol. The van der Waals surface area contributed by atoms with Crippen molar-refractivity contribution in [3.8, 4) is 0 Å². The third kappa shape index (κ3) is 2.63. The van der Waals surface area contributed by atoms with Crippen LogP contribution in [0.15, 0.2) is 17.2 Å². The first-order chi connectivity index (χ1) is 9.86. The zero-order chi connectivity index (χ0) is 15.3. The lowest BCUT2D eigenvalue weighted by atomic mass is 10.1. The standard InChI is InChI=1S/C14H23N3O3S/c1-14(2)10-20-6-5-17(14)21(18,19)13-7-12(8-15)16(9-13)11-3-4-11/h7,9,11H,3-6,8,10,15H2,1-2H3. The van der Waals surface area contributed by atoms with Gasteiger partial charge in [-0.1, -0.05) is 0 Å². The van der Waals surface area contributed by atoms with Crippen molar-refractivity contribution >= 4 is 10.0 Å². The molecule has 0 aromatic carbocycles. The minimum Gasteiger partial charge on any atom is -0.378 e. The van der Waals surface area contributed by atoms with Gasteiger partial charge in [0.15, 0.2) is 0 Å². The second-order valence-electron chi connectivity index (χ2n) is 6.45. The molecule has 118 valence electrons. The molecule has 2 aliphatic rings. The van der Waals surface area contributed by atoms with Gasteiger partial charge in [0.05, 0.1) is 18.8 Å². The molecule has 21 heavy (non-hydrogen) atoms. The molecule has 0 radical (unpaired) electrons. The number of ether oxygens (including phenoxy) is 1. The Balaban J connectivity index is 1.98. The van der Waals surface area contributed by atoms with Crippen molar-refractivity contribution in [1.82, 2.24) is 8.87 Å². The normalized spacial score (nSPS) is 23.4. The summed E-state index contributed by atoms with van der Waals surface area (Å²) < 4.78 is 34.9. The Kier molecular flexibility index (Phi) is 3.64. The molecule has 0 atom stereocenters. The number of rotatable bonds is 4. The summed E-state index contributed by atoms with van der Waals surface area (Å²) in [6, 6.07) is 2.14. The van der Waals surface area contributed by atoms with Gasteiger partial charge in [0.2, 0.25) is 10.0 Å². The quantitative estimate of drug-likeness (QED) is 0.902. The predicted molar refractivity (Wildman–Crippen MR) is 79.4 cm³/mol. The molecule has 1 saturated heterocycles. The van der Waals surface area contributed by atoms with Crippen molar-refractivity contribution in [3.63, 3.8) is 0 Å². The van der Waals surface area contributed by atoms with Crippen LogP contribution in [0.4, 0.5) is 0 Å². The molecule has 1 aromatic rings. The lowest BCUT2D eigenvalue weighted by Gasteiger charge is -2.40. The topological polar surface area (TPSA) is 77.6 Å². The van der Waals surface area contributed by atoms with Gasteiger partial charge < -0.3 is 15.0 Å². The van der Waals surface area contributed by atoms with E-state index in [-0.39, 0.29) is 0 Å². The summed E-state index contributed by atoms with van der Waals surface area (Å²) in [4.78, 5) is 0.352. The highest BCUT2D eigenvalue weighted by atomic mass is 32.2. The van der Waals surface area contributed by atoms with Gasteiger partial charge in [-0.2, -0.15) is 4.31 Å². The second kappa shape index (κ2) is 5.08. The van der Waals surface area contributed by atoms with Crippen LogP contribution in [-0.2, 0) is 21.3 Å². The van der Waals surface area contributed by atoms with E-state index in [2.05, 4.69) is 0 Å². The van der Waals surface area contributed by atoms with E-state index in [1.165, 1.54) is 0 Å². The smallest absolute Gasteiger partial charge is 0.245 e. The maximum atomic E-state index is 12.9. The van der Waals surface area contributed by atoms with Crippen LogP contribution in [0, 0.1) is 0 Å². The fourth-order valence-corrected chi connectivity index (χ4v) is 4.72. The van der Waals surface area contributed by atoms with Gasteiger partial charge in [-0.3, -0.25) is 0 Å². The predicted octanol–water partition coefficient (Wildman–Crippen LogP) is 1.08. The molecule has 0 amide bonds. The molecular weight excluding hydrogens is 290 g/mol. The molecule has 3 rings (SSSR count). The summed E-state index contributed by atoms with van der Waals surface area (Å²) in [5, 5.41) is 0. The average Bonchev–Trinajstić information content (AvgIpc) is 3.16. The van der Waals surface area contributed by atoms with Crippen LogP contribution in [0.25, 0.3) is 0 Å². The van der Waals surface area contributed by atoms with Crippen molar-refractivity contribution in [2.75, 3.05) is 19.8 Å². The summed E-state index contributed by atoms with van der Waals surface area (Å²) in [7, 11) is -3.51. The van der Waals surface area contributed by atoms with Crippen molar-refractivity contribution in [2.24, 2.45) is 5.73 Å². The molecule has 1 saturated carbocycles. The highest BCUT2D eigenvalue weighted by Gasteiger charge is 2.40. The molecule has 0 bridgehead atoms. The van der Waals surface area contributed by atoms with Crippen molar-refractivity contribution in [1.29, 1.82) is 0 Å². The number of hydrogen-bond acceptors (Lipinski definition) is 4. The van der Waals surface area contributed by atoms with E-state index in [0.717, 1.165) is 18.5 Å². The summed E-state index contributed by atoms with van der Waals surface area (Å²) in [5.41, 5.74) is 6.12. The lowest BCUT2D eigenvalue weighted by molar-refractivity contribution is -0.00770. The van der Waals surface area contributed by atoms with Gasteiger partial charge in [0.1, 0.15) is 4.90 Å². The van der Waals surface area contributed by atoms with Crippen LogP contribution >= 0.6 is 0 Å². The Hall–Kier alpha value is -0.890. The number of nitrogens with two attached hydrogens (primary N) is 1. The number of hydrogen-bond donors (Lipinski definition) is 1. The van der Waals surface area contributed by atoms with Gasteiger partial charge in [-0.15, -0.1) is 0 Å². The highest BCUT2D eigenvalue weighted by Crippen LogP contribution is 2.38. The summed E-state index contributed by atoms with van der Waals surface area (Å²) in [6.45, 7) is 5.40. The SMILES string of the molecule is CC1(C)COCCN1S(=O)(=O)c1cc(CN)n(C2CC2)c1. The average molecular weight is 313 g/mol. The van der Waals surface area contributed by atoms with Crippen LogP contribution in [0.1, 0.15) is 38.4 Å². The maximum absolute atomic E-state index is 12.9. The van der Waals surface area contributed by atoms with Crippen molar-refractivity contribution in [3.05, 3.63) is 18.0 Å². The number of morpholine rings is 1. The largest absolute Gasteiger partial charge is 0.378 e. The second-order valence-corrected chi connectivity index (χ2v) is 8.31. The van der Waals surface area contributed by atoms with E-state index in [4.69, 9.17) is 10.5 Å². The van der Waals surface area contributed by atoms with Crippen molar-refractivity contribution in [2.45, 2.75) is 49.7 Å². The zero-order valence-electron chi connectivity index (χ0n) is 12.6. The van der Waals surface area contributed by atoms with Gasteiger partial charge in [-0.25, -0.2) is 8.42 Å². The fraction of sp³-hybridized carbons (Fsp3) is 0.714. The molecule has 1 aliphatic heterocycles. The van der Waals surface area contributed by atoms with Crippen LogP contribution in [0.3, 0.4) is 0 Å². The van der Waals surface area contributed by atoms with Crippen LogP contribution < -0.4 is 5.73 Å². The molecule has 7 heteroatoms. The van der Waals surface area contributed by atoms with Crippen LogP contribution in [0.2, 0.25) is 0 Å². The lowest BCUT2D eigenvalue weighted by Crippen LogP contribution is -2.55. The van der Waals surface area contributed by atoms with Crippen LogP contribution in [0.5, 0.6) is 0 Å². The van der Waals surface area contributed by atoms with E-state index in [1.807, 2.05) is 18.4 Å². The minimum absolute atomic E-state index is 0.352. The minimum atomic E-state index is -3.51. The zero-order valence-corrected chi connectivity index (χ0v) is 13.4. The highest BCUT2D eigenvalue weighted by molar-refractivity contribution is 7.89. The first kappa shape index (κ1) is 15.0. The Morgan fingerprint density at radius 2 is 2.14 bits per heavy atom. The molecular formula is C14H23N3O3S. The molecule has 1 aliphatic carbocycles. The number of sulfonamides is 1. The summed E-state index contributed by atoms with van der Waals surface area (Å²) >= 11 is 0.